The summed E-state index contributed by atoms with van der Waals surface area (Å²) in [5.41, 5.74) is 2.15. The van der Waals surface area contributed by atoms with Gasteiger partial charge in [-0.3, -0.25) is 9.31 Å². The Kier molecular flexibility index (Phi) is 2.84. The van der Waals surface area contributed by atoms with E-state index in [0.29, 0.717) is 6.04 Å². The molecule has 2 N–H and O–H groups in total. The van der Waals surface area contributed by atoms with Gasteiger partial charge in [0.15, 0.2) is 0 Å². The molecule has 90 valence electrons. The molecule has 2 heterocycles. The van der Waals surface area contributed by atoms with Gasteiger partial charge in [-0.25, -0.2) is 0 Å². The Morgan fingerprint density at radius 2 is 2.18 bits per heavy atom. The van der Waals surface area contributed by atoms with Crippen molar-refractivity contribution in [2.24, 2.45) is 0 Å². The van der Waals surface area contributed by atoms with Crippen LogP contribution < -0.4 is 5.32 Å². The first-order chi connectivity index (χ1) is 8.33. The Morgan fingerprint density at radius 1 is 1.35 bits per heavy atom. The summed E-state index contributed by atoms with van der Waals surface area (Å²) in [6.07, 6.45) is 3.80. The largest absolute Gasteiger partial charge is 0.381 e. The molecule has 1 saturated heterocycles. The van der Waals surface area contributed by atoms with Crippen LogP contribution in [0.5, 0.6) is 0 Å². The highest BCUT2D eigenvalue weighted by molar-refractivity contribution is 7.85. The minimum absolute atomic E-state index is 0.432. The number of aromatic nitrogens is 2. The molecule has 5 heteroatoms. The highest BCUT2D eigenvalue weighted by atomic mass is 32.2. The number of hydrogen-bond acceptors (Lipinski definition) is 3. The van der Waals surface area contributed by atoms with E-state index in [0.717, 1.165) is 40.9 Å². The van der Waals surface area contributed by atoms with Crippen LogP contribution in [0.2, 0.25) is 0 Å². The van der Waals surface area contributed by atoms with Gasteiger partial charge in [-0.15, -0.1) is 0 Å². The molecule has 0 radical (unpaired) electrons. The number of benzene rings is 1. The zero-order valence-corrected chi connectivity index (χ0v) is 10.3. The lowest BCUT2D eigenvalue weighted by Gasteiger charge is -2.23. The van der Waals surface area contributed by atoms with E-state index in [9.17, 15) is 4.21 Å². The molecule has 1 aromatic heterocycles. The highest BCUT2D eigenvalue weighted by Gasteiger charge is 2.18. The maximum Gasteiger partial charge on any atom is 0.0881 e. The summed E-state index contributed by atoms with van der Waals surface area (Å²) in [5, 5.41) is 11.7. The van der Waals surface area contributed by atoms with Gasteiger partial charge in [0.25, 0.3) is 0 Å². The first kappa shape index (κ1) is 10.8. The molecule has 0 spiro atoms. The predicted molar refractivity (Wildman–Crippen MR) is 70.6 cm³/mol. The van der Waals surface area contributed by atoms with Crippen LogP contribution in [0.15, 0.2) is 24.4 Å². The van der Waals surface area contributed by atoms with Crippen molar-refractivity contribution in [3.63, 3.8) is 0 Å². The summed E-state index contributed by atoms with van der Waals surface area (Å²) < 4.78 is 11.3. The molecule has 0 atom stereocenters. The third kappa shape index (κ3) is 2.20. The number of H-pyrrole nitrogens is 1. The average molecular weight is 249 g/mol. The minimum Gasteiger partial charge on any atom is -0.381 e. The van der Waals surface area contributed by atoms with Crippen LogP contribution in [0, 0.1) is 0 Å². The summed E-state index contributed by atoms with van der Waals surface area (Å²) in [5.74, 6) is 1.63. The summed E-state index contributed by atoms with van der Waals surface area (Å²) in [4.78, 5) is 0. The number of nitrogens with one attached hydrogen (secondary N) is 2. The molecule has 4 nitrogen and oxygen atoms in total. The van der Waals surface area contributed by atoms with Gasteiger partial charge in [0.1, 0.15) is 0 Å². The van der Waals surface area contributed by atoms with E-state index < -0.39 is 10.8 Å². The Labute approximate surface area is 102 Å². The number of para-hydroxylation sites is 1. The molecular formula is C12H15N3OS. The van der Waals surface area contributed by atoms with Gasteiger partial charge in [0.2, 0.25) is 0 Å². The van der Waals surface area contributed by atoms with Crippen LogP contribution in [0.1, 0.15) is 12.8 Å². The number of aromatic amines is 1. The van der Waals surface area contributed by atoms with Crippen LogP contribution in [-0.4, -0.2) is 32.0 Å². The van der Waals surface area contributed by atoms with Crippen molar-refractivity contribution >= 4 is 27.4 Å². The van der Waals surface area contributed by atoms with Gasteiger partial charge in [0.05, 0.1) is 17.4 Å². The van der Waals surface area contributed by atoms with Gasteiger partial charge in [-0.1, -0.05) is 12.1 Å². The molecule has 0 aliphatic carbocycles. The molecule has 0 amide bonds. The van der Waals surface area contributed by atoms with E-state index in [1.165, 1.54) is 0 Å². The van der Waals surface area contributed by atoms with Crippen molar-refractivity contribution in [2.45, 2.75) is 18.9 Å². The van der Waals surface area contributed by atoms with Gasteiger partial charge in [0, 0.05) is 33.7 Å². The maximum absolute atomic E-state index is 11.3. The van der Waals surface area contributed by atoms with E-state index in [4.69, 9.17) is 0 Å². The molecule has 1 fully saturated rings. The number of fused-ring (bicyclic) bond motifs is 1. The summed E-state index contributed by atoms with van der Waals surface area (Å²) >= 11 is 0. The van der Waals surface area contributed by atoms with Crippen LogP contribution in [0.25, 0.3) is 10.9 Å². The summed E-state index contributed by atoms with van der Waals surface area (Å²) in [6, 6.07) is 6.56. The second-order valence-electron chi connectivity index (χ2n) is 4.41. The Morgan fingerprint density at radius 3 is 3.00 bits per heavy atom. The fourth-order valence-corrected chi connectivity index (χ4v) is 3.55. The molecule has 3 rings (SSSR count). The fourth-order valence-electron chi connectivity index (χ4n) is 2.25. The molecule has 0 unspecified atom stereocenters. The Bertz CT molecular complexity index is 541. The zero-order valence-electron chi connectivity index (χ0n) is 9.48. The first-order valence-electron chi connectivity index (χ1n) is 5.86. The van der Waals surface area contributed by atoms with Crippen LogP contribution in [0.3, 0.4) is 0 Å². The standard InChI is InChI=1S/C12H15N3OS/c16-17-6-4-10(5-7-17)14-11-3-1-2-9-8-13-15-12(9)11/h1-3,8,10,14H,4-7H2,(H,13,15). The molecule has 1 aliphatic heterocycles. The van der Waals surface area contributed by atoms with Crippen molar-refractivity contribution in [3.8, 4) is 0 Å². The Hall–Kier alpha value is -1.36. The maximum atomic E-state index is 11.3. The van der Waals surface area contributed by atoms with Gasteiger partial charge in [-0.2, -0.15) is 5.10 Å². The predicted octanol–water partition coefficient (Wildman–Crippen LogP) is 1.89. The van der Waals surface area contributed by atoms with Crippen LogP contribution in [-0.2, 0) is 10.8 Å². The lowest BCUT2D eigenvalue weighted by Crippen LogP contribution is -2.29. The quantitative estimate of drug-likeness (QED) is 0.854. The van der Waals surface area contributed by atoms with Gasteiger partial charge in [-0.05, 0) is 18.9 Å². The molecule has 0 saturated carbocycles. The fraction of sp³-hybridized carbons (Fsp3) is 0.417. The molecule has 0 bridgehead atoms. The van der Waals surface area contributed by atoms with Gasteiger partial charge >= 0.3 is 0 Å². The van der Waals surface area contributed by atoms with Crippen LogP contribution in [0.4, 0.5) is 5.69 Å². The zero-order chi connectivity index (χ0) is 11.7. The van der Waals surface area contributed by atoms with E-state index in [2.05, 4.69) is 21.6 Å². The third-order valence-electron chi connectivity index (χ3n) is 3.22. The van der Waals surface area contributed by atoms with Crippen LogP contribution >= 0.6 is 0 Å². The molecule has 17 heavy (non-hydrogen) atoms. The molecule has 2 aromatic rings. The summed E-state index contributed by atoms with van der Waals surface area (Å²) in [6.45, 7) is 0. The SMILES string of the molecule is O=S1CCC(Nc2cccc3cn[nH]c23)CC1. The normalized spacial score (nSPS) is 24.9. The second kappa shape index (κ2) is 4.49. The minimum atomic E-state index is -0.598. The van der Waals surface area contributed by atoms with Crippen molar-refractivity contribution in [1.82, 2.24) is 10.2 Å². The van der Waals surface area contributed by atoms with E-state index in [1.54, 1.807) is 0 Å². The first-order valence-corrected chi connectivity index (χ1v) is 7.35. The van der Waals surface area contributed by atoms with Crippen molar-refractivity contribution in [3.05, 3.63) is 24.4 Å². The second-order valence-corrected chi connectivity index (χ2v) is 6.10. The lowest BCUT2D eigenvalue weighted by atomic mass is 10.1. The third-order valence-corrected chi connectivity index (χ3v) is 4.61. The van der Waals surface area contributed by atoms with E-state index >= 15 is 0 Å². The number of anilines is 1. The average Bonchev–Trinajstić information content (AvgIpc) is 2.81. The smallest absolute Gasteiger partial charge is 0.0881 e. The number of hydrogen-bond donors (Lipinski definition) is 2. The van der Waals surface area contributed by atoms with Gasteiger partial charge < -0.3 is 5.32 Å². The molecule has 1 aliphatic rings. The monoisotopic (exact) mass is 249 g/mol. The van der Waals surface area contributed by atoms with E-state index in [-0.39, 0.29) is 0 Å². The molecule has 1 aromatic carbocycles. The van der Waals surface area contributed by atoms with Crippen molar-refractivity contribution in [1.29, 1.82) is 0 Å². The number of nitrogens with zero attached hydrogens (tertiary/aromatic N) is 1. The van der Waals surface area contributed by atoms with Crippen molar-refractivity contribution in [2.75, 3.05) is 16.8 Å². The van der Waals surface area contributed by atoms with Crippen molar-refractivity contribution < 1.29 is 4.21 Å². The molecular weight excluding hydrogens is 234 g/mol. The lowest BCUT2D eigenvalue weighted by molar-refractivity contribution is 0.624. The Balaban J connectivity index is 1.80. The summed E-state index contributed by atoms with van der Waals surface area (Å²) in [7, 11) is -0.598. The highest BCUT2D eigenvalue weighted by Crippen LogP contribution is 2.23. The number of rotatable bonds is 2. The van der Waals surface area contributed by atoms with E-state index in [1.807, 2.05) is 18.3 Å². The topological polar surface area (TPSA) is 57.8 Å².